The highest BCUT2D eigenvalue weighted by molar-refractivity contribution is 9.10. The van der Waals surface area contributed by atoms with Crippen molar-refractivity contribution >= 4 is 21.8 Å². The fourth-order valence-corrected chi connectivity index (χ4v) is 2.16. The van der Waals surface area contributed by atoms with E-state index in [0.717, 1.165) is 4.47 Å². The van der Waals surface area contributed by atoms with Crippen LogP contribution in [0.15, 0.2) is 28.7 Å². The van der Waals surface area contributed by atoms with Crippen LogP contribution in [0, 0.1) is 5.92 Å². The molecule has 0 spiro atoms. The summed E-state index contributed by atoms with van der Waals surface area (Å²) >= 11 is 3.33. The topological polar surface area (TPSA) is 40.5 Å². The normalized spacial score (nSPS) is 18.1. The van der Waals surface area contributed by atoms with E-state index in [9.17, 15) is 9.90 Å². The second-order valence-corrected chi connectivity index (χ2v) is 5.84. The minimum absolute atomic E-state index is 0.0113. The second kappa shape index (κ2) is 4.42. The minimum atomic E-state index is -0.703. The largest absolute Gasteiger partial charge is 0.386 e. The Kier molecular flexibility index (Phi) is 3.27. The van der Waals surface area contributed by atoms with E-state index in [0.29, 0.717) is 18.7 Å². The molecular weight excluding hydrogens is 282 g/mol. The summed E-state index contributed by atoms with van der Waals surface area (Å²) in [6.07, 6.45) is 0. The van der Waals surface area contributed by atoms with Crippen LogP contribution in [0.25, 0.3) is 0 Å². The van der Waals surface area contributed by atoms with Crippen LogP contribution in [0.1, 0.15) is 24.2 Å². The van der Waals surface area contributed by atoms with E-state index in [4.69, 9.17) is 0 Å². The molecule has 0 saturated carbocycles. The molecule has 0 aromatic heterocycles. The predicted molar refractivity (Wildman–Crippen MR) is 69.8 cm³/mol. The zero-order valence-corrected chi connectivity index (χ0v) is 11.6. The summed E-state index contributed by atoms with van der Waals surface area (Å²) in [7, 11) is 0. The molecule has 1 aromatic carbocycles. The number of rotatable bonds is 2. The molecule has 17 heavy (non-hydrogen) atoms. The lowest BCUT2D eigenvalue weighted by molar-refractivity contribution is -0.110. The maximum Gasteiger partial charge on any atom is 0.254 e. The lowest BCUT2D eigenvalue weighted by Crippen LogP contribution is -2.65. The van der Waals surface area contributed by atoms with Gasteiger partial charge in [0.2, 0.25) is 0 Å². The van der Waals surface area contributed by atoms with E-state index in [2.05, 4.69) is 15.9 Å². The summed E-state index contributed by atoms with van der Waals surface area (Å²) in [6, 6.07) is 7.28. The number of aliphatic hydroxyl groups is 1. The number of amides is 1. The van der Waals surface area contributed by atoms with Gasteiger partial charge < -0.3 is 10.0 Å². The molecular formula is C13H16BrNO2. The van der Waals surface area contributed by atoms with Gasteiger partial charge in [0.05, 0.1) is 13.1 Å². The third-order valence-corrected chi connectivity index (χ3v) is 3.91. The van der Waals surface area contributed by atoms with Crippen molar-refractivity contribution in [1.29, 1.82) is 0 Å². The molecule has 1 aliphatic heterocycles. The molecule has 1 aliphatic rings. The van der Waals surface area contributed by atoms with Crippen LogP contribution in [0.5, 0.6) is 0 Å². The van der Waals surface area contributed by atoms with Crippen molar-refractivity contribution in [2.24, 2.45) is 5.92 Å². The SMILES string of the molecule is CC(C)C1(O)CN(C(=O)c2ccc(Br)cc2)C1. The van der Waals surface area contributed by atoms with Gasteiger partial charge >= 0.3 is 0 Å². The summed E-state index contributed by atoms with van der Waals surface area (Å²) in [5.74, 6) is 0.166. The Morgan fingerprint density at radius 3 is 2.35 bits per heavy atom. The van der Waals surface area contributed by atoms with Crippen LogP contribution in [-0.4, -0.2) is 34.6 Å². The van der Waals surface area contributed by atoms with Crippen LogP contribution in [-0.2, 0) is 0 Å². The smallest absolute Gasteiger partial charge is 0.254 e. The maximum atomic E-state index is 12.0. The molecule has 1 amide bonds. The van der Waals surface area contributed by atoms with Gasteiger partial charge in [0.25, 0.3) is 5.91 Å². The third-order valence-electron chi connectivity index (χ3n) is 3.38. The molecule has 1 N–H and O–H groups in total. The number of β-amino-alcohol motifs (C(OH)–C–C–N with tert-alkyl or cyclic N) is 1. The first-order valence-corrected chi connectivity index (χ1v) is 6.49. The van der Waals surface area contributed by atoms with Crippen LogP contribution >= 0.6 is 15.9 Å². The Bertz CT molecular complexity index is 422. The van der Waals surface area contributed by atoms with Gasteiger partial charge in [-0.2, -0.15) is 0 Å². The number of hydrogen-bond donors (Lipinski definition) is 1. The number of benzene rings is 1. The molecule has 1 aromatic rings. The van der Waals surface area contributed by atoms with Gasteiger partial charge in [-0.25, -0.2) is 0 Å². The molecule has 0 aliphatic carbocycles. The average molecular weight is 298 g/mol. The minimum Gasteiger partial charge on any atom is -0.386 e. The van der Waals surface area contributed by atoms with Crippen LogP contribution < -0.4 is 0 Å². The van der Waals surface area contributed by atoms with Crippen molar-refractivity contribution < 1.29 is 9.90 Å². The Morgan fingerprint density at radius 2 is 1.88 bits per heavy atom. The van der Waals surface area contributed by atoms with E-state index in [1.807, 2.05) is 26.0 Å². The van der Waals surface area contributed by atoms with Crippen LogP contribution in [0.4, 0.5) is 0 Å². The number of nitrogens with zero attached hydrogens (tertiary/aromatic N) is 1. The first kappa shape index (κ1) is 12.6. The lowest BCUT2D eigenvalue weighted by atomic mass is 9.82. The first-order chi connectivity index (χ1) is 7.92. The van der Waals surface area contributed by atoms with E-state index in [-0.39, 0.29) is 11.8 Å². The van der Waals surface area contributed by atoms with Crippen molar-refractivity contribution in [3.8, 4) is 0 Å². The molecule has 1 heterocycles. The van der Waals surface area contributed by atoms with Gasteiger partial charge in [-0.05, 0) is 30.2 Å². The second-order valence-electron chi connectivity index (χ2n) is 4.93. The summed E-state index contributed by atoms with van der Waals surface area (Å²) < 4.78 is 0.955. The average Bonchev–Trinajstić information content (AvgIpc) is 2.24. The molecule has 0 atom stereocenters. The molecule has 1 saturated heterocycles. The molecule has 0 radical (unpaired) electrons. The Morgan fingerprint density at radius 1 is 1.35 bits per heavy atom. The number of carbonyl (C=O) groups is 1. The molecule has 4 heteroatoms. The Balaban J connectivity index is 2.02. The predicted octanol–water partition coefficient (Wildman–Crippen LogP) is 2.29. The standard InChI is InChI=1S/C13H16BrNO2/c1-9(2)13(17)7-15(8-13)12(16)10-3-5-11(14)6-4-10/h3-6,9,17H,7-8H2,1-2H3. The summed E-state index contributed by atoms with van der Waals surface area (Å²) in [5.41, 5.74) is -0.0376. The summed E-state index contributed by atoms with van der Waals surface area (Å²) in [4.78, 5) is 13.7. The van der Waals surface area contributed by atoms with Crippen molar-refractivity contribution in [3.05, 3.63) is 34.3 Å². The highest BCUT2D eigenvalue weighted by atomic mass is 79.9. The van der Waals surface area contributed by atoms with Crippen molar-refractivity contribution in [2.75, 3.05) is 13.1 Å². The number of carbonyl (C=O) groups excluding carboxylic acids is 1. The number of halogens is 1. The van der Waals surface area contributed by atoms with E-state index >= 15 is 0 Å². The molecule has 0 unspecified atom stereocenters. The number of likely N-dealkylation sites (tertiary alicyclic amines) is 1. The van der Waals surface area contributed by atoms with Gasteiger partial charge in [0, 0.05) is 10.0 Å². The van der Waals surface area contributed by atoms with Crippen molar-refractivity contribution in [2.45, 2.75) is 19.4 Å². The van der Waals surface area contributed by atoms with Crippen LogP contribution in [0.2, 0.25) is 0 Å². The molecule has 1 fully saturated rings. The first-order valence-electron chi connectivity index (χ1n) is 5.69. The lowest BCUT2D eigenvalue weighted by Gasteiger charge is -2.49. The fraction of sp³-hybridized carbons (Fsp3) is 0.462. The van der Waals surface area contributed by atoms with E-state index in [1.165, 1.54) is 0 Å². The van der Waals surface area contributed by atoms with Gasteiger partial charge in [0.1, 0.15) is 5.60 Å². The summed E-state index contributed by atoms with van der Waals surface area (Å²) in [5, 5.41) is 10.1. The molecule has 2 rings (SSSR count). The van der Waals surface area contributed by atoms with Crippen molar-refractivity contribution in [3.63, 3.8) is 0 Å². The third kappa shape index (κ3) is 2.38. The van der Waals surface area contributed by atoms with Gasteiger partial charge in [0.15, 0.2) is 0 Å². The Labute approximate surface area is 110 Å². The monoisotopic (exact) mass is 297 g/mol. The van der Waals surface area contributed by atoms with Crippen LogP contribution in [0.3, 0.4) is 0 Å². The highest BCUT2D eigenvalue weighted by Gasteiger charge is 2.45. The van der Waals surface area contributed by atoms with Gasteiger partial charge in [-0.15, -0.1) is 0 Å². The fourth-order valence-electron chi connectivity index (χ4n) is 1.90. The Hall–Kier alpha value is -0.870. The zero-order chi connectivity index (χ0) is 12.6. The number of hydrogen-bond acceptors (Lipinski definition) is 2. The maximum absolute atomic E-state index is 12.0. The quantitative estimate of drug-likeness (QED) is 0.910. The molecule has 3 nitrogen and oxygen atoms in total. The van der Waals surface area contributed by atoms with Gasteiger partial charge in [-0.3, -0.25) is 4.79 Å². The zero-order valence-electron chi connectivity index (χ0n) is 9.98. The molecule has 0 bridgehead atoms. The van der Waals surface area contributed by atoms with Gasteiger partial charge in [-0.1, -0.05) is 29.8 Å². The summed E-state index contributed by atoms with van der Waals surface area (Å²) in [6.45, 7) is 4.81. The van der Waals surface area contributed by atoms with E-state index in [1.54, 1.807) is 17.0 Å². The van der Waals surface area contributed by atoms with Crippen molar-refractivity contribution in [1.82, 2.24) is 4.90 Å². The highest BCUT2D eigenvalue weighted by Crippen LogP contribution is 2.29. The van der Waals surface area contributed by atoms with E-state index < -0.39 is 5.60 Å². The molecule has 92 valence electrons.